The van der Waals surface area contributed by atoms with Gasteiger partial charge in [-0.2, -0.15) is 0 Å². The number of nitrogens with two attached hydrogens (primary N) is 1. The fraction of sp³-hybridized carbons (Fsp3) is 0.600. The topological polar surface area (TPSA) is 26.0 Å². The molecule has 0 radical (unpaired) electrons. The van der Waals surface area contributed by atoms with Gasteiger partial charge >= 0.3 is 0 Å². The van der Waals surface area contributed by atoms with Crippen LogP contribution in [0.3, 0.4) is 0 Å². The minimum absolute atomic E-state index is 0.191. The maximum absolute atomic E-state index is 14.1. The first-order valence-electron chi connectivity index (χ1n) is 6.58. The van der Waals surface area contributed by atoms with Gasteiger partial charge in [0.2, 0.25) is 0 Å². The molecule has 1 nitrogen and oxygen atoms in total. The highest BCUT2D eigenvalue weighted by Gasteiger charge is 2.36. The van der Waals surface area contributed by atoms with Crippen molar-refractivity contribution in [2.45, 2.75) is 39.0 Å². The minimum atomic E-state index is -0.191. The first-order valence-corrected chi connectivity index (χ1v) is 6.96. The molecule has 0 heterocycles. The summed E-state index contributed by atoms with van der Waals surface area (Å²) in [6.45, 7) is 5.13. The highest BCUT2D eigenvalue weighted by Crippen LogP contribution is 2.47. The summed E-state index contributed by atoms with van der Waals surface area (Å²) < 4.78 is 14.1. The molecule has 18 heavy (non-hydrogen) atoms. The second-order valence-electron chi connectivity index (χ2n) is 6.18. The van der Waals surface area contributed by atoms with Crippen molar-refractivity contribution in [3.05, 3.63) is 34.6 Å². The van der Waals surface area contributed by atoms with Crippen LogP contribution in [-0.4, -0.2) is 6.54 Å². The maximum Gasteiger partial charge on any atom is 0.128 e. The summed E-state index contributed by atoms with van der Waals surface area (Å²) in [6.07, 6.45) is 3.24. The zero-order valence-corrected chi connectivity index (χ0v) is 11.8. The molecule has 0 spiro atoms. The quantitative estimate of drug-likeness (QED) is 0.849. The van der Waals surface area contributed by atoms with Gasteiger partial charge in [0.25, 0.3) is 0 Å². The largest absolute Gasteiger partial charge is 0.330 e. The second kappa shape index (κ2) is 5.18. The summed E-state index contributed by atoms with van der Waals surface area (Å²) in [6, 6.07) is 5.01. The minimum Gasteiger partial charge on any atom is -0.330 e. The van der Waals surface area contributed by atoms with Crippen molar-refractivity contribution in [1.82, 2.24) is 0 Å². The third-order valence-electron chi connectivity index (χ3n) is 4.20. The van der Waals surface area contributed by atoms with Crippen LogP contribution >= 0.6 is 11.6 Å². The van der Waals surface area contributed by atoms with E-state index in [2.05, 4.69) is 13.8 Å². The Hall–Kier alpha value is -0.600. The molecule has 1 saturated carbocycles. The number of hydrogen-bond acceptors (Lipinski definition) is 1. The van der Waals surface area contributed by atoms with Gasteiger partial charge in [0.05, 0.1) is 0 Å². The van der Waals surface area contributed by atoms with Gasteiger partial charge in [0.15, 0.2) is 0 Å². The zero-order chi connectivity index (χ0) is 13.3. The molecule has 1 aromatic carbocycles. The van der Waals surface area contributed by atoms with E-state index in [1.54, 1.807) is 6.07 Å². The summed E-state index contributed by atoms with van der Waals surface area (Å²) in [5.74, 6) is 0.411. The molecule has 3 heteroatoms. The predicted molar refractivity (Wildman–Crippen MR) is 74.3 cm³/mol. The molecule has 0 aromatic heterocycles. The molecule has 0 aliphatic heterocycles. The van der Waals surface area contributed by atoms with Gasteiger partial charge in [-0.25, -0.2) is 4.39 Å². The van der Waals surface area contributed by atoms with E-state index in [1.165, 1.54) is 12.5 Å². The molecule has 1 aliphatic carbocycles. The van der Waals surface area contributed by atoms with Crippen molar-refractivity contribution < 1.29 is 4.39 Å². The van der Waals surface area contributed by atoms with Crippen molar-refractivity contribution in [3.63, 3.8) is 0 Å². The molecule has 2 atom stereocenters. The Morgan fingerprint density at radius 2 is 2.17 bits per heavy atom. The lowest BCUT2D eigenvalue weighted by Gasteiger charge is -2.40. The van der Waals surface area contributed by atoms with Gasteiger partial charge < -0.3 is 5.73 Å². The first kappa shape index (κ1) is 13.8. The zero-order valence-electron chi connectivity index (χ0n) is 11.0. The van der Waals surface area contributed by atoms with Crippen LogP contribution in [0.4, 0.5) is 4.39 Å². The van der Waals surface area contributed by atoms with Crippen LogP contribution in [0, 0.1) is 17.2 Å². The van der Waals surface area contributed by atoms with Crippen LogP contribution in [0.2, 0.25) is 5.02 Å². The van der Waals surface area contributed by atoms with Crippen molar-refractivity contribution in [1.29, 1.82) is 0 Å². The van der Waals surface area contributed by atoms with Gasteiger partial charge in [-0.3, -0.25) is 0 Å². The molecule has 0 saturated heterocycles. The van der Waals surface area contributed by atoms with Gasteiger partial charge in [-0.15, -0.1) is 0 Å². The Balaban J connectivity index is 2.32. The normalized spacial score (nSPS) is 27.2. The lowest BCUT2D eigenvalue weighted by molar-refractivity contribution is 0.163. The summed E-state index contributed by atoms with van der Waals surface area (Å²) in [5.41, 5.74) is 6.90. The van der Waals surface area contributed by atoms with Crippen molar-refractivity contribution in [2.75, 3.05) is 6.54 Å². The summed E-state index contributed by atoms with van der Waals surface area (Å²) in [5, 5.41) is 0.454. The molecule has 2 N–H and O–H groups in total. The Morgan fingerprint density at radius 1 is 1.44 bits per heavy atom. The Morgan fingerprint density at radius 3 is 2.78 bits per heavy atom. The van der Waals surface area contributed by atoms with Crippen LogP contribution < -0.4 is 5.73 Å². The average Bonchev–Trinajstić information content (AvgIpc) is 2.28. The molecule has 1 aromatic rings. The third-order valence-corrected chi connectivity index (χ3v) is 4.43. The number of benzene rings is 1. The van der Waals surface area contributed by atoms with Crippen molar-refractivity contribution in [3.8, 4) is 0 Å². The van der Waals surface area contributed by atoms with Crippen LogP contribution in [0.25, 0.3) is 0 Å². The van der Waals surface area contributed by atoms with E-state index in [9.17, 15) is 4.39 Å². The standard InChI is InChI=1S/C15H21ClFN/c1-15(2)6-5-10(9-18)13(8-15)12-4-3-11(16)7-14(12)17/h3-4,7,10,13H,5-6,8-9,18H2,1-2H3. The van der Waals surface area contributed by atoms with Crippen LogP contribution in [0.15, 0.2) is 18.2 Å². The number of hydrogen-bond donors (Lipinski definition) is 1. The van der Waals surface area contributed by atoms with E-state index in [-0.39, 0.29) is 17.2 Å². The molecular weight excluding hydrogens is 249 g/mol. The van der Waals surface area contributed by atoms with E-state index in [4.69, 9.17) is 17.3 Å². The lowest BCUT2D eigenvalue weighted by Crippen LogP contribution is -2.33. The van der Waals surface area contributed by atoms with E-state index in [0.29, 0.717) is 17.5 Å². The molecule has 2 unspecified atom stereocenters. The molecule has 1 aliphatic rings. The maximum atomic E-state index is 14.1. The van der Waals surface area contributed by atoms with Gasteiger partial charge in [-0.1, -0.05) is 31.5 Å². The number of halogens is 2. The van der Waals surface area contributed by atoms with E-state index in [0.717, 1.165) is 18.4 Å². The van der Waals surface area contributed by atoms with E-state index in [1.807, 2.05) is 6.07 Å². The van der Waals surface area contributed by atoms with Gasteiger partial charge in [-0.05, 0) is 60.8 Å². The number of rotatable bonds is 2. The highest BCUT2D eigenvalue weighted by atomic mass is 35.5. The SMILES string of the molecule is CC1(C)CCC(CN)C(c2ccc(Cl)cc2F)C1. The molecule has 0 amide bonds. The first-order chi connectivity index (χ1) is 8.43. The van der Waals surface area contributed by atoms with Crippen LogP contribution in [0.5, 0.6) is 0 Å². The predicted octanol–water partition coefficient (Wildman–Crippen LogP) is 4.35. The fourth-order valence-corrected chi connectivity index (χ4v) is 3.25. The molecule has 100 valence electrons. The molecule has 1 fully saturated rings. The van der Waals surface area contributed by atoms with Gasteiger partial charge in [0.1, 0.15) is 5.82 Å². The fourth-order valence-electron chi connectivity index (χ4n) is 3.09. The van der Waals surface area contributed by atoms with Crippen molar-refractivity contribution >= 4 is 11.6 Å². The molecule has 2 rings (SSSR count). The van der Waals surface area contributed by atoms with E-state index >= 15 is 0 Å². The summed E-state index contributed by atoms with van der Waals surface area (Å²) >= 11 is 5.82. The van der Waals surface area contributed by atoms with Crippen LogP contribution in [-0.2, 0) is 0 Å². The second-order valence-corrected chi connectivity index (χ2v) is 6.61. The van der Waals surface area contributed by atoms with Gasteiger partial charge in [0, 0.05) is 5.02 Å². The summed E-state index contributed by atoms with van der Waals surface area (Å²) in [7, 11) is 0. The van der Waals surface area contributed by atoms with E-state index < -0.39 is 0 Å². The monoisotopic (exact) mass is 269 g/mol. The molecular formula is C15H21ClFN. The smallest absolute Gasteiger partial charge is 0.128 e. The Labute approximate surface area is 114 Å². The highest BCUT2D eigenvalue weighted by molar-refractivity contribution is 6.30. The third kappa shape index (κ3) is 2.86. The Bertz CT molecular complexity index is 431. The van der Waals surface area contributed by atoms with Crippen molar-refractivity contribution in [2.24, 2.45) is 17.1 Å². The van der Waals surface area contributed by atoms with Crippen LogP contribution in [0.1, 0.15) is 44.6 Å². The molecule has 0 bridgehead atoms. The Kier molecular flexibility index (Phi) is 3.98. The average molecular weight is 270 g/mol. The lowest BCUT2D eigenvalue weighted by atomic mass is 9.65. The summed E-state index contributed by atoms with van der Waals surface area (Å²) in [4.78, 5) is 0.